The van der Waals surface area contributed by atoms with Gasteiger partial charge in [-0.15, -0.1) is 0 Å². The third kappa shape index (κ3) is 2.91. The fraction of sp³-hybridized carbons (Fsp3) is 0. The van der Waals surface area contributed by atoms with Gasteiger partial charge in [0.15, 0.2) is 0 Å². The van der Waals surface area contributed by atoms with Gasteiger partial charge in [0.1, 0.15) is 5.56 Å². The molecule has 0 spiro atoms. The number of pyridine rings is 1. The number of hydrogen-bond acceptors (Lipinski definition) is 5. The Bertz CT molecular complexity index is 690. The van der Waals surface area contributed by atoms with Crippen LogP contribution in [0, 0.1) is 10.1 Å². The lowest BCUT2D eigenvalue weighted by Crippen LogP contribution is -2.14. The Morgan fingerprint density at radius 2 is 2.15 bits per heavy atom. The third-order valence-corrected chi connectivity index (χ3v) is 3.11. The highest BCUT2D eigenvalue weighted by molar-refractivity contribution is 9.10. The molecule has 0 saturated carbocycles. The van der Waals surface area contributed by atoms with Gasteiger partial charge in [0.2, 0.25) is 0 Å². The van der Waals surface area contributed by atoms with Crippen molar-refractivity contribution in [3.8, 4) is 0 Å². The van der Waals surface area contributed by atoms with E-state index >= 15 is 0 Å². The minimum absolute atomic E-state index is 0.0984. The second-order valence-electron chi connectivity index (χ2n) is 3.84. The molecular weight excluding hydrogens is 328 g/mol. The maximum atomic E-state index is 12.1. The molecule has 1 aromatic carbocycles. The fourth-order valence-corrected chi connectivity index (χ4v) is 1.91. The standard InChI is InChI=1S/C12H9BrN4O3/c13-9-6-15-4-3-10(9)16-12(18)8-5-7(14)1-2-11(8)17(19)20/h1-6H,14H2,(H,15,16,18). The van der Waals surface area contributed by atoms with Crippen LogP contribution in [0.5, 0.6) is 0 Å². The number of nitro groups is 1. The summed E-state index contributed by atoms with van der Waals surface area (Å²) >= 11 is 3.22. The first kappa shape index (κ1) is 13.9. The molecule has 0 radical (unpaired) electrons. The summed E-state index contributed by atoms with van der Waals surface area (Å²) in [5, 5.41) is 13.5. The highest BCUT2D eigenvalue weighted by atomic mass is 79.9. The number of rotatable bonds is 3. The molecule has 1 aromatic heterocycles. The van der Waals surface area contributed by atoms with Crippen molar-refractivity contribution in [3.63, 3.8) is 0 Å². The number of nitrogen functional groups attached to an aromatic ring is 1. The first-order chi connectivity index (χ1) is 9.49. The van der Waals surface area contributed by atoms with E-state index in [-0.39, 0.29) is 16.9 Å². The average molecular weight is 337 g/mol. The molecule has 2 rings (SSSR count). The van der Waals surface area contributed by atoms with Crippen molar-refractivity contribution < 1.29 is 9.72 Å². The zero-order valence-electron chi connectivity index (χ0n) is 10.0. The van der Waals surface area contributed by atoms with Crippen molar-refractivity contribution in [1.29, 1.82) is 0 Å². The summed E-state index contributed by atoms with van der Waals surface area (Å²) in [7, 11) is 0. The Kier molecular flexibility index (Phi) is 3.94. The van der Waals surface area contributed by atoms with Crippen LogP contribution in [0.2, 0.25) is 0 Å². The second-order valence-corrected chi connectivity index (χ2v) is 4.70. The number of hydrogen-bond donors (Lipinski definition) is 2. The van der Waals surface area contributed by atoms with E-state index in [4.69, 9.17) is 5.73 Å². The minimum Gasteiger partial charge on any atom is -0.399 e. The van der Waals surface area contributed by atoms with Gasteiger partial charge in [-0.1, -0.05) is 0 Å². The van der Waals surface area contributed by atoms with Crippen LogP contribution in [-0.4, -0.2) is 15.8 Å². The first-order valence-electron chi connectivity index (χ1n) is 5.44. The number of halogens is 1. The summed E-state index contributed by atoms with van der Waals surface area (Å²) in [6, 6.07) is 5.41. The lowest BCUT2D eigenvalue weighted by Gasteiger charge is -2.07. The van der Waals surface area contributed by atoms with Crippen molar-refractivity contribution >= 4 is 38.9 Å². The van der Waals surface area contributed by atoms with E-state index < -0.39 is 10.8 Å². The van der Waals surface area contributed by atoms with Crippen molar-refractivity contribution in [2.75, 3.05) is 11.1 Å². The van der Waals surface area contributed by atoms with E-state index in [1.165, 1.54) is 30.6 Å². The molecule has 0 fully saturated rings. The van der Waals surface area contributed by atoms with Crippen molar-refractivity contribution in [2.45, 2.75) is 0 Å². The number of nitro benzene ring substituents is 1. The summed E-state index contributed by atoms with van der Waals surface area (Å²) in [6.45, 7) is 0. The molecule has 0 aliphatic rings. The van der Waals surface area contributed by atoms with Crippen LogP contribution in [-0.2, 0) is 0 Å². The number of anilines is 2. The Hall–Kier alpha value is -2.48. The number of nitrogens with two attached hydrogens (primary N) is 1. The number of amides is 1. The highest BCUT2D eigenvalue weighted by Crippen LogP contribution is 2.25. The fourth-order valence-electron chi connectivity index (χ4n) is 1.56. The van der Waals surface area contributed by atoms with Crippen LogP contribution < -0.4 is 11.1 Å². The smallest absolute Gasteiger partial charge is 0.282 e. The average Bonchev–Trinajstić information content (AvgIpc) is 2.40. The number of benzene rings is 1. The maximum Gasteiger partial charge on any atom is 0.282 e. The molecule has 0 atom stereocenters. The molecule has 3 N–H and O–H groups in total. The zero-order valence-corrected chi connectivity index (χ0v) is 11.6. The van der Waals surface area contributed by atoms with Gasteiger partial charge in [0, 0.05) is 24.1 Å². The molecule has 0 aliphatic carbocycles. The van der Waals surface area contributed by atoms with Gasteiger partial charge < -0.3 is 11.1 Å². The van der Waals surface area contributed by atoms with Crippen molar-refractivity contribution in [1.82, 2.24) is 4.98 Å². The molecule has 1 amide bonds. The Morgan fingerprint density at radius 1 is 1.40 bits per heavy atom. The minimum atomic E-state index is -0.629. The van der Waals surface area contributed by atoms with Crippen LogP contribution in [0.15, 0.2) is 41.1 Å². The SMILES string of the molecule is Nc1ccc([N+](=O)[O-])c(C(=O)Nc2ccncc2Br)c1. The molecular formula is C12H9BrN4O3. The normalized spacial score (nSPS) is 10.1. The van der Waals surface area contributed by atoms with Gasteiger partial charge in [-0.25, -0.2) is 0 Å². The number of carbonyl (C=O) groups excluding carboxylic acids is 1. The molecule has 1 heterocycles. The number of nitrogens with one attached hydrogen (secondary N) is 1. The second kappa shape index (κ2) is 5.66. The largest absolute Gasteiger partial charge is 0.399 e. The molecule has 102 valence electrons. The molecule has 0 unspecified atom stereocenters. The number of carbonyl (C=O) groups is 1. The summed E-state index contributed by atoms with van der Waals surface area (Å²) in [6.07, 6.45) is 3.00. The molecule has 8 heteroatoms. The van der Waals surface area contributed by atoms with Crippen LogP contribution in [0.4, 0.5) is 17.1 Å². The highest BCUT2D eigenvalue weighted by Gasteiger charge is 2.20. The lowest BCUT2D eigenvalue weighted by atomic mass is 10.1. The predicted molar refractivity (Wildman–Crippen MR) is 77.4 cm³/mol. The quantitative estimate of drug-likeness (QED) is 0.508. The lowest BCUT2D eigenvalue weighted by molar-refractivity contribution is -0.385. The van der Waals surface area contributed by atoms with Crippen LogP contribution in [0.3, 0.4) is 0 Å². The van der Waals surface area contributed by atoms with Gasteiger partial charge >= 0.3 is 0 Å². The van der Waals surface area contributed by atoms with Gasteiger partial charge in [0.05, 0.1) is 15.1 Å². The van der Waals surface area contributed by atoms with Crippen molar-refractivity contribution in [2.24, 2.45) is 0 Å². The van der Waals surface area contributed by atoms with Gasteiger partial charge in [-0.3, -0.25) is 19.9 Å². The van der Waals surface area contributed by atoms with Gasteiger partial charge in [0.25, 0.3) is 11.6 Å². The topological polar surface area (TPSA) is 111 Å². The Balaban J connectivity index is 2.37. The van der Waals surface area contributed by atoms with Gasteiger partial charge in [-0.2, -0.15) is 0 Å². The number of nitrogens with zero attached hydrogens (tertiary/aromatic N) is 2. The summed E-state index contributed by atoms with van der Waals surface area (Å²) in [5.74, 6) is -0.615. The summed E-state index contributed by atoms with van der Waals surface area (Å²) in [5.41, 5.74) is 5.90. The number of aromatic nitrogens is 1. The van der Waals surface area contributed by atoms with Crippen LogP contribution in [0.25, 0.3) is 0 Å². The molecule has 7 nitrogen and oxygen atoms in total. The molecule has 0 bridgehead atoms. The van der Waals surface area contributed by atoms with Crippen LogP contribution in [0.1, 0.15) is 10.4 Å². The van der Waals surface area contributed by atoms with E-state index in [1.807, 2.05) is 0 Å². The molecule has 20 heavy (non-hydrogen) atoms. The maximum absolute atomic E-state index is 12.1. The monoisotopic (exact) mass is 336 g/mol. The van der Waals surface area contributed by atoms with E-state index in [2.05, 4.69) is 26.2 Å². The van der Waals surface area contributed by atoms with E-state index in [0.717, 1.165) is 0 Å². The van der Waals surface area contributed by atoms with E-state index in [9.17, 15) is 14.9 Å². The van der Waals surface area contributed by atoms with Crippen molar-refractivity contribution in [3.05, 3.63) is 56.8 Å². The summed E-state index contributed by atoms with van der Waals surface area (Å²) < 4.78 is 0.569. The molecule has 0 aliphatic heterocycles. The van der Waals surface area contributed by atoms with Crippen LogP contribution >= 0.6 is 15.9 Å². The van der Waals surface area contributed by atoms with Gasteiger partial charge in [-0.05, 0) is 34.1 Å². The van der Waals surface area contributed by atoms with E-state index in [1.54, 1.807) is 6.07 Å². The zero-order chi connectivity index (χ0) is 14.7. The Morgan fingerprint density at radius 3 is 2.80 bits per heavy atom. The molecule has 0 saturated heterocycles. The first-order valence-corrected chi connectivity index (χ1v) is 6.23. The third-order valence-electron chi connectivity index (χ3n) is 2.48. The van der Waals surface area contributed by atoms with E-state index in [0.29, 0.717) is 10.2 Å². The predicted octanol–water partition coefficient (Wildman–Crippen LogP) is 2.59. The molecule has 2 aromatic rings. The Labute approximate surface area is 122 Å². The summed E-state index contributed by atoms with van der Waals surface area (Å²) in [4.78, 5) is 26.3.